The summed E-state index contributed by atoms with van der Waals surface area (Å²) in [7, 11) is 1.67. The molecule has 0 aliphatic carbocycles. The number of hydrogen-bond donors (Lipinski definition) is 3. The average Bonchev–Trinajstić information content (AvgIpc) is 2.59. The van der Waals surface area contributed by atoms with Crippen LogP contribution < -0.4 is 15.4 Å². The van der Waals surface area contributed by atoms with Crippen LogP contribution in [-0.2, 0) is 13.1 Å². The third-order valence-corrected chi connectivity index (χ3v) is 3.34. The molecule has 0 fully saturated rings. The molecule has 2 aromatic carbocycles. The highest BCUT2D eigenvalue weighted by atomic mass is 16.5. The molecule has 0 saturated carbocycles. The second-order valence-electron chi connectivity index (χ2n) is 5.03. The van der Waals surface area contributed by atoms with E-state index in [0.29, 0.717) is 13.1 Å². The molecule has 0 atom stereocenters. The van der Waals surface area contributed by atoms with Gasteiger partial charge < -0.3 is 20.5 Å². The minimum absolute atomic E-state index is 0.263. The summed E-state index contributed by atoms with van der Waals surface area (Å²) < 4.78 is 5.35. The number of benzene rings is 2. The normalized spacial score (nSPS) is 11.1. The van der Waals surface area contributed by atoms with Gasteiger partial charge in [0.1, 0.15) is 11.5 Å². The predicted molar refractivity (Wildman–Crippen MR) is 92.8 cm³/mol. The van der Waals surface area contributed by atoms with Gasteiger partial charge in [-0.3, -0.25) is 0 Å². The van der Waals surface area contributed by atoms with E-state index in [4.69, 9.17) is 4.74 Å². The van der Waals surface area contributed by atoms with E-state index in [0.717, 1.165) is 29.4 Å². The number of phenols is 1. The van der Waals surface area contributed by atoms with Crippen molar-refractivity contribution in [2.75, 3.05) is 13.7 Å². The van der Waals surface area contributed by atoms with Crippen molar-refractivity contribution in [1.82, 2.24) is 10.6 Å². The molecule has 3 N–H and O–H groups in total. The molecule has 2 aromatic rings. The lowest BCUT2D eigenvalue weighted by Gasteiger charge is -2.13. The Morgan fingerprint density at radius 3 is 2.52 bits per heavy atom. The second kappa shape index (κ2) is 8.68. The smallest absolute Gasteiger partial charge is 0.191 e. The first-order valence-electron chi connectivity index (χ1n) is 7.65. The van der Waals surface area contributed by atoms with Crippen molar-refractivity contribution in [3.8, 4) is 11.5 Å². The van der Waals surface area contributed by atoms with Gasteiger partial charge in [-0.05, 0) is 30.7 Å². The van der Waals surface area contributed by atoms with Gasteiger partial charge in [-0.15, -0.1) is 0 Å². The van der Waals surface area contributed by atoms with E-state index in [2.05, 4.69) is 15.6 Å². The number of nitrogens with zero attached hydrogens (tertiary/aromatic N) is 1. The maximum atomic E-state index is 9.31. The third kappa shape index (κ3) is 5.21. The van der Waals surface area contributed by atoms with Crippen LogP contribution in [0.4, 0.5) is 0 Å². The number of methoxy groups -OCH3 is 1. The Kier molecular flexibility index (Phi) is 6.29. The molecule has 0 spiro atoms. The average molecular weight is 313 g/mol. The maximum absolute atomic E-state index is 9.31. The first kappa shape index (κ1) is 16.7. The van der Waals surface area contributed by atoms with E-state index in [-0.39, 0.29) is 5.75 Å². The summed E-state index contributed by atoms with van der Waals surface area (Å²) >= 11 is 0. The standard InChI is InChI=1S/C18H23N3O2/c1-3-19-18(20-12-14-8-10-16(22)11-9-14)21-13-15-6-4-5-7-17(15)23-2/h4-11,22H,3,12-13H2,1-2H3,(H2,19,20,21). The number of aliphatic imine (C=N–C) groups is 1. The van der Waals surface area contributed by atoms with E-state index in [1.165, 1.54) is 0 Å². The molecule has 5 heteroatoms. The zero-order valence-corrected chi connectivity index (χ0v) is 13.5. The predicted octanol–water partition coefficient (Wildman–Crippen LogP) is 2.66. The lowest BCUT2D eigenvalue weighted by Crippen LogP contribution is -2.36. The van der Waals surface area contributed by atoms with Crippen molar-refractivity contribution in [2.24, 2.45) is 4.99 Å². The molecular weight excluding hydrogens is 290 g/mol. The van der Waals surface area contributed by atoms with Gasteiger partial charge in [-0.1, -0.05) is 30.3 Å². The van der Waals surface area contributed by atoms with Crippen LogP contribution in [0.15, 0.2) is 53.5 Å². The SMILES string of the molecule is CCNC(=NCc1ccc(O)cc1)NCc1ccccc1OC. The Labute approximate surface area is 137 Å². The molecule has 0 unspecified atom stereocenters. The first-order chi connectivity index (χ1) is 11.2. The Morgan fingerprint density at radius 1 is 1.09 bits per heavy atom. The monoisotopic (exact) mass is 313 g/mol. The third-order valence-electron chi connectivity index (χ3n) is 3.34. The Bertz CT molecular complexity index is 639. The van der Waals surface area contributed by atoms with Crippen molar-refractivity contribution in [3.63, 3.8) is 0 Å². The fraction of sp³-hybridized carbons (Fsp3) is 0.278. The molecule has 0 aliphatic rings. The van der Waals surface area contributed by atoms with Crippen LogP contribution >= 0.6 is 0 Å². The van der Waals surface area contributed by atoms with E-state index < -0.39 is 0 Å². The lowest BCUT2D eigenvalue weighted by molar-refractivity contribution is 0.409. The van der Waals surface area contributed by atoms with Crippen molar-refractivity contribution < 1.29 is 9.84 Å². The first-order valence-corrected chi connectivity index (χ1v) is 7.65. The van der Waals surface area contributed by atoms with E-state index >= 15 is 0 Å². The Hall–Kier alpha value is -2.69. The van der Waals surface area contributed by atoms with Crippen LogP contribution in [0.25, 0.3) is 0 Å². The number of guanidine groups is 1. The summed E-state index contributed by atoms with van der Waals surface area (Å²) in [6.07, 6.45) is 0. The fourth-order valence-electron chi connectivity index (χ4n) is 2.14. The number of phenolic OH excluding ortho intramolecular Hbond substituents is 1. The van der Waals surface area contributed by atoms with Crippen molar-refractivity contribution in [1.29, 1.82) is 0 Å². The minimum Gasteiger partial charge on any atom is -0.508 e. The molecule has 122 valence electrons. The van der Waals surface area contributed by atoms with Crippen LogP contribution in [-0.4, -0.2) is 24.7 Å². The van der Waals surface area contributed by atoms with Crippen LogP contribution in [0.5, 0.6) is 11.5 Å². The number of para-hydroxylation sites is 1. The molecule has 23 heavy (non-hydrogen) atoms. The molecule has 0 amide bonds. The zero-order valence-electron chi connectivity index (χ0n) is 13.5. The summed E-state index contributed by atoms with van der Waals surface area (Å²) in [5, 5.41) is 15.8. The van der Waals surface area contributed by atoms with Gasteiger partial charge in [0.25, 0.3) is 0 Å². The minimum atomic E-state index is 0.263. The van der Waals surface area contributed by atoms with Gasteiger partial charge in [0.15, 0.2) is 5.96 Å². The quantitative estimate of drug-likeness (QED) is 0.566. The molecule has 5 nitrogen and oxygen atoms in total. The number of aromatic hydroxyl groups is 1. The van der Waals surface area contributed by atoms with Gasteiger partial charge >= 0.3 is 0 Å². The lowest BCUT2D eigenvalue weighted by atomic mass is 10.2. The summed E-state index contributed by atoms with van der Waals surface area (Å²) in [4.78, 5) is 4.56. The van der Waals surface area contributed by atoms with Gasteiger partial charge in [-0.25, -0.2) is 4.99 Å². The van der Waals surface area contributed by atoms with Crippen molar-refractivity contribution >= 4 is 5.96 Å². The zero-order chi connectivity index (χ0) is 16.5. The van der Waals surface area contributed by atoms with Gasteiger partial charge in [0.05, 0.1) is 13.7 Å². The molecule has 0 heterocycles. The van der Waals surface area contributed by atoms with Crippen molar-refractivity contribution in [3.05, 3.63) is 59.7 Å². The molecule has 2 rings (SSSR count). The topological polar surface area (TPSA) is 65.9 Å². The summed E-state index contributed by atoms with van der Waals surface area (Å²) in [6.45, 7) is 3.99. The highest BCUT2D eigenvalue weighted by Crippen LogP contribution is 2.16. The number of rotatable bonds is 6. The van der Waals surface area contributed by atoms with Crippen LogP contribution in [0, 0.1) is 0 Å². The Morgan fingerprint density at radius 2 is 1.83 bits per heavy atom. The van der Waals surface area contributed by atoms with Gasteiger partial charge in [0.2, 0.25) is 0 Å². The summed E-state index contributed by atoms with van der Waals surface area (Å²) in [5.41, 5.74) is 2.11. The van der Waals surface area contributed by atoms with Crippen molar-refractivity contribution in [2.45, 2.75) is 20.0 Å². The highest BCUT2D eigenvalue weighted by Gasteiger charge is 2.03. The molecule has 0 saturated heterocycles. The maximum Gasteiger partial charge on any atom is 0.191 e. The van der Waals surface area contributed by atoms with E-state index in [9.17, 15) is 5.11 Å². The number of hydrogen-bond acceptors (Lipinski definition) is 3. The van der Waals surface area contributed by atoms with Gasteiger partial charge in [0, 0.05) is 18.7 Å². The number of nitrogens with one attached hydrogen (secondary N) is 2. The molecule has 0 bridgehead atoms. The highest BCUT2D eigenvalue weighted by molar-refractivity contribution is 5.79. The summed E-state index contributed by atoms with van der Waals surface area (Å²) in [5.74, 6) is 1.86. The summed E-state index contributed by atoms with van der Waals surface area (Å²) in [6, 6.07) is 15.0. The second-order valence-corrected chi connectivity index (χ2v) is 5.03. The van der Waals surface area contributed by atoms with Crippen LogP contribution in [0.2, 0.25) is 0 Å². The largest absolute Gasteiger partial charge is 0.508 e. The van der Waals surface area contributed by atoms with E-state index in [1.807, 2.05) is 43.3 Å². The van der Waals surface area contributed by atoms with E-state index in [1.54, 1.807) is 19.2 Å². The molecule has 0 radical (unpaired) electrons. The van der Waals surface area contributed by atoms with Crippen LogP contribution in [0.3, 0.4) is 0 Å². The molecule has 0 aliphatic heterocycles. The molecular formula is C18H23N3O2. The number of ether oxygens (including phenoxy) is 1. The Balaban J connectivity index is 2.00. The van der Waals surface area contributed by atoms with Gasteiger partial charge in [-0.2, -0.15) is 0 Å². The van der Waals surface area contributed by atoms with Crippen LogP contribution in [0.1, 0.15) is 18.1 Å². The molecule has 0 aromatic heterocycles. The fourth-order valence-corrected chi connectivity index (χ4v) is 2.14.